The van der Waals surface area contributed by atoms with Gasteiger partial charge in [-0.25, -0.2) is 4.98 Å². The number of carbonyl (C=O) groups is 2. The van der Waals surface area contributed by atoms with Crippen LogP contribution >= 0.6 is 0 Å². The standard InChI is InChI=1S/C19H27N3O3/c1-5-10-21(11-9-17(23)25-7-3)19(24)18-15(6-2)20-16-13-14(4)8-12-22(16)18/h8,12-13H,5-7,9-11H2,1-4H3. The molecule has 0 saturated heterocycles. The number of esters is 1. The van der Waals surface area contributed by atoms with Gasteiger partial charge in [-0.15, -0.1) is 0 Å². The second-order valence-electron chi connectivity index (χ2n) is 6.04. The van der Waals surface area contributed by atoms with Gasteiger partial charge in [0.1, 0.15) is 11.3 Å². The van der Waals surface area contributed by atoms with Crippen LogP contribution in [0.1, 0.15) is 55.4 Å². The van der Waals surface area contributed by atoms with E-state index in [0.717, 1.165) is 23.3 Å². The number of rotatable bonds is 8. The third kappa shape index (κ3) is 4.38. The summed E-state index contributed by atoms with van der Waals surface area (Å²) in [5.74, 6) is -0.361. The SMILES string of the molecule is CCCN(CCC(=O)OCC)C(=O)c1c(CC)nc2cc(C)ccn12. The molecule has 2 rings (SSSR count). The third-order valence-electron chi connectivity index (χ3n) is 4.06. The Morgan fingerprint density at radius 2 is 2.00 bits per heavy atom. The molecule has 0 N–H and O–H groups in total. The second-order valence-corrected chi connectivity index (χ2v) is 6.04. The average Bonchev–Trinajstić information content (AvgIpc) is 2.95. The summed E-state index contributed by atoms with van der Waals surface area (Å²) in [5.41, 5.74) is 3.26. The highest BCUT2D eigenvalue weighted by atomic mass is 16.5. The number of nitrogens with zero attached hydrogens (tertiary/aromatic N) is 3. The largest absolute Gasteiger partial charge is 0.466 e. The van der Waals surface area contributed by atoms with Crippen LogP contribution in [0.4, 0.5) is 0 Å². The first-order chi connectivity index (χ1) is 12.0. The normalized spacial score (nSPS) is 10.9. The van der Waals surface area contributed by atoms with Gasteiger partial charge in [-0.2, -0.15) is 0 Å². The van der Waals surface area contributed by atoms with Gasteiger partial charge in [0.2, 0.25) is 0 Å². The Morgan fingerprint density at radius 3 is 2.64 bits per heavy atom. The predicted octanol–water partition coefficient (Wildman–Crippen LogP) is 3.01. The fraction of sp³-hybridized carbons (Fsp3) is 0.526. The Hall–Kier alpha value is -2.37. The third-order valence-corrected chi connectivity index (χ3v) is 4.06. The summed E-state index contributed by atoms with van der Waals surface area (Å²) in [6, 6.07) is 3.94. The van der Waals surface area contributed by atoms with Crippen LogP contribution in [0.2, 0.25) is 0 Å². The molecule has 0 unspecified atom stereocenters. The maximum Gasteiger partial charge on any atom is 0.307 e. The van der Waals surface area contributed by atoms with Crippen LogP contribution in [0.15, 0.2) is 18.3 Å². The molecule has 136 valence electrons. The number of hydrogen-bond acceptors (Lipinski definition) is 4. The monoisotopic (exact) mass is 345 g/mol. The minimum absolute atomic E-state index is 0.0839. The maximum absolute atomic E-state index is 13.2. The van der Waals surface area contributed by atoms with Crippen LogP contribution in [-0.4, -0.2) is 45.9 Å². The second kappa shape index (κ2) is 8.65. The van der Waals surface area contributed by atoms with Crippen LogP contribution in [0, 0.1) is 6.92 Å². The Morgan fingerprint density at radius 1 is 1.24 bits per heavy atom. The molecular formula is C19H27N3O3. The molecule has 0 saturated carbocycles. The minimum atomic E-state index is -0.277. The van der Waals surface area contributed by atoms with Crippen molar-refractivity contribution in [3.05, 3.63) is 35.3 Å². The van der Waals surface area contributed by atoms with Crippen LogP contribution in [0.5, 0.6) is 0 Å². The summed E-state index contributed by atoms with van der Waals surface area (Å²) >= 11 is 0. The Bertz CT molecular complexity index is 752. The van der Waals surface area contributed by atoms with E-state index in [-0.39, 0.29) is 18.3 Å². The Balaban J connectivity index is 2.31. The number of imidazole rings is 1. The molecule has 0 bridgehead atoms. The van der Waals surface area contributed by atoms with Crippen molar-refractivity contribution < 1.29 is 14.3 Å². The van der Waals surface area contributed by atoms with Gasteiger partial charge in [0, 0.05) is 19.3 Å². The molecule has 2 aromatic heterocycles. The molecule has 0 aliphatic heterocycles. The maximum atomic E-state index is 13.2. The van der Waals surface area contributed by atoms with E-state index >= 15 is 0 Å². The van der Waals surface area contributed by atoms with E-state index in [9.17, 15) is 9.59 Å². The fourth-order valence-corrected chi connectivity index (χ4v) is 2.86. The van der Waals surface area contributed by atoms with E-state index in [4.69, 9.17) is 4.74 Å². The molecule has 0 aliphatic rings. The summed E-state index contributed by atoms with van der Waals surface area (Å²) in [4.78, 5) is 31.1. The van der Waals surface area contributed by atoms with E-state index in [1.807, 2.05) is 43.5 Å². The molecule has 6 nitrogen and oxygen atoms in total. The molecule has 0 fully saturated rings. The molecule has 2 heterocycles. The number of hydrogen-bond donors (Lipinski definition) is 0. The molecule has 0 aromatic carbocycles. The summed E-state index contributed by atoms with van der Waals surface area (Å²) in [6.07, 6.45) is 3.60. The zero-order valence-corrected chi connectivity index (χ0v) is 15.5. The first-order valence-electron chi connectivity index (χ1n) is 8.94. The summed E-state index contributed by atoms with van der Waals surface area (Å²) in [6.45, 7) is 9.10. The fourth-order valence-electron chi connectivity index (χ4n) is 2.86. The van der Waals surface area contributed by atoms with Gasteiger partial charge in [-0.3, -0.25) is 14.0 Å². The number of carbonyl (C=O) groups excluding carboxylic acids is 2. The topological polar surface area (TPSA) is 63.9 Å². The summed E-state index contributed by atoms with van der Waals surface area (Å²) in [5, 5.41) is 0. The molecule has 2 aromatic rings. The van der Waals surface area contributed by atoms with Crippen molar-refractivity contribution in [2.24, 2.45) is 0 Å². The van der Waals surface area contributed by atoms with Crippen molar-refractivity contribution in [2.45, 2.75) is 47.0 Å². The van der Waals surface area contributed by atoms with Crippen LogP contribution in [0.3, 0.4) is 0 Å². The van der Waals surface area contributed by atoms with E-state index in [1.54, 1.807) is 11.8 Å². The number of ether oxygens (including phenoxy) is 1. The number of pyridine rings is 1. The molecule has 0 atom stereocenters. The average molecular weight is 345 g/mol. The quantitative estimate of drug-likeness (QED) is 0.690. The zero-order valence-electron chi connectivity index (χ0n) is 15.5. The van der Waals surface area contributed by atoms with E-state index in [2.05, 4.69) is 4.98 Å². The highest BCUT2D eigenvalue weighted by Crippen LogP contribution is 2.17. The number of aryl methyl sites for hydroxylation is 2. The lowest BCUT2D eigenvalue weighted by molar-refractivity contribution is -0.143. The molecule has 25 heavy (non-hydrogen) atoms. The molecule has 0 radical (unpaired) electrons. The van der Waals surface area contributed by atoms with Crippen molar-refractivity contribution in [3.63, 3.8) is 0 Å². The summed E-state index contributed by atoms with van der Waals surface area (Å²) in [7, 11) is 0. The van der Waals surface area contributed by atoms with Crippen molar-refractivity contribution in [1.29, 1.82) is 0 Å². The number of fused-ring (bicyclic) bond motifs is 1. The number of aromatic nitrogens is 2. The Labute approximate surface area is 148 Å². The van der Waals surface area contributed by atoms with Gasteiger partial charge >= 0.3 is 5.97 Å². The van der Waals surface area contributed by atoms with E-state index < -0.39 is 0 Å². The van der Waals surface area contributed by atoms with E-state index in [1.165, 1.54) is 0 Å². The molecule has 0 spiro atoms. The van der Waals surface area contributed by atoms with Crippen LogP contribution in [0.25, 0.3) is 5.65 Å². The molecule has 6 heteroatoms. The molecule has 1 amide bonds. The van der Waals surface area contributed by atoms with Crippen molar-refractivity contribution in [1.82, 2.24) is 14.3 Å². The minimum Gasteiger partial charge on any atom is -0.466 e. The Kier molecular flexibility index (Phi) is 6.56. The van der Waals surface area contributed by atoms with Crippen LogP contribution in [-0.2, 0) is 16.0 Å². The van der Waals surface area contributed by atoms with Gasteiger partial charge < -0.3 is 9.64 Å². The van der Waals surface area contributed by atoms with Gasteiger partial charge in [0.05, 0.1) is 18.7 Å². The lowest BCUT2D eigenvalue weighted by Gasteiger charge is -2.22. The van der Waals surface area contributed by atoms with Gasteiger partial charge in [0.25, 0.3) is 5.91 Å². The molecule has 0 aliphatic carbocycles. The number of amides is 1. The van der Waals surface area contributed by atoms with Gasteiger partial charge in [-0.1, -0.05) is 13.8 Å². The highest BCUT2D eigenvalue weighted by molar-refractivity contribution is 5.95. The first kappa shape index (κ1) is 19.0. The lowest BCUT2D eigenvalue weighted by Crippen LogP contribution is -2.35. The van der Waals surface area contributed by atoms with Crippen molar-refractivity contribution in [2.75, 3.05) is 19.7 Å². The van der Waals surface area contributed by atoms with Crippen LogP contribution < -0.4 is 0 Å². The van der Waals surface area contributed by atoms with Gasteiger partial charge in [0.15, 0.2) is 0 Å². The van der Waals surface area contributed by atoms with E-state index in [0.29, 0.717) is 31.8 Å². The highest BCUT2D eigenvalue weighted by Gasteiger charge is 2.23. The smallest absolute Gasteiger partial charge is 0.307 e. The zero-order chi connectivity index (χ0) is 18.4. The van der Waals surface area contributed by atoms with Crippen molar-refractivity contribution in [3.8, 4) is 0 Å². The predicted molar refractivity (Wildman–Crippen MR) is 96.8 cm³/mol. The van der Waals surface area contributed by atoms with Gasteiger partial charge in [-0.05, 0) is 44.4 Å². The first-order valence-corrected chi connectivity index (χ1v) is 8.94. The summed E-state index contributed by atoms with van der Waals surface area (Å²) < 4.78 is 6.82. The van der Waals surface area contributed by atoms with Crippen molar-refractivity contribution >= 4 is 17.5 Å². The molecular weight excluding hydrogens is 318 g/mol. The lowest BCUT2D eigenvalue weighted by atomic mass is 10.2.